The van der Waals surface area contributed by atoms with Gasteiger partial charge in [-0.05, 0) is 38.0 Å². The van der Waals surface area contributed by atoms with Crippen LogP contribution in [0, 0.1) is 5.92 Å². The van der Waals surface area contributed by atoms with Crippen molar-refractivity contribution < 1.29 is 9.84 Å². The summed E-state index contributed by atoms with van der Waals surface area (Å²) in [7, 11) is 0. The molecule has 110 valence electrons. The molecule has 0 radical (unpaired) electrons. The van der Waals surface area contributed by atoms with E-state index < -0.39 is 0 Å². The van der Waals surface area contributed by atoms with E-state index in [-0.39, 0.29) is 12.1 Å². The molecule has 0 bridgehead atoms. The average Bonchev–Trinajstić information content (AvgIpc) is 3.30. The lowest BCUT2D eigenvalue weighted by atomic mass is 9.91. The van der Waals surface area contributed by atoms with Crippen molar-refractivity contribution in [2.75, 3.05) is 32.9 Å². The molecule has 0 aromatic rings. The highest BCUT2D eigenvalue weighted by molar-refractivity contribution is 5.06. The van der Waals surface area contributed by atoms with Crippen molar-refractivity contribution in [1.29, 1.82) is 0 Å². The molecule has 1 aliphatic heterocycles. The number of nitrogens with zero attached hydrogens (tertiary/aromatic N) is 1. The molecule has 0 amide bonds. The molecule has 0 aromatic heterocycles. The second-order valence-electron chi connectivity index (χ2n) is 6.61. The minimum Gasteiger partial charge on any atom is -0.394 e. The van der Waals surface area contributed by atoms with E-state index in [0.717, 1.165) is 32.7 Å². The van der Waals surface area contributed by atoms with E-state index in [0.29, 0.717) is 18.0 Å². The van der Waals surface area contributed by atoms with Crippen molar-refractivity contribution in [3.05, 3.63) is 0 Å². The molecule has 2 N–H and O–H groups in total. The fraction of sp³-hybridized carbons (Fsp3) is 1.00. The van der Waals surface area contributed by atoms with Gasteiger partial charge < -0.3 is 15.2 Å². The van der Waals surface area contributed by atoms with Gasteiger partial charge in [0.05, 0.1) is 25.4 Å². The fourth-order valence-corrected chi connectivity index (χ4v) is 3.42. The van der Waals surface area contributed by atoms with Crippen molar-refractivity contribution >= 4 is 0 Å². The number of hydrogen-bond donors (Lipinski definition) is 2. The first-order valence-corrected chi connectivity index (χ1v) is 7.98. The molecule has 3 fully saturated rings. The molecular formula is C15H28N2O2. The fourth-order valence-electron chi connectivity index (χ4n) is 3.42. The Morgan fingerprint density at radius 2 is 2.11 bits per heavy atom. The molecular weight excluding hydrogens is 240 g/mol. The maximum absolute atomic E-state index is 10.0. The van der Waals surface area contributed by atoms with Gasteiger partial charge in [0, 0.05) is 25.2 Å². The number of rotatable bonds is 7. The van der Waals surface area contributed by atoms with E-state index in [9.17, 15) is 5.11 Å². The van der Waals surface area contributed by atoms with E-state index >= 15 is 0 Å². The third-order valence-corrected chi connectivity index (χ3v) is 5.02. The molecule has 19 heavy (non-hydrogen) atoms. The summed E-state index contributed by atoms with van der Waals surface area (Å²) < 4.78 is 5.60. The summed E-state index contributed by atoms with van der Waals surface area (Å²) in [4.78, 5) is 2.55. The topological polar surface area (TPSA) is 44.7 Å². The van der Waals surface area contributed by atoms with Crippen LogP contribution in [0.5, 0.6) is 0 Å². The zero-order valence-electron chi connectivity index (χ0n) is 12.1. The van der Waals surface area contributed by atoms with Gasteiger partial charge in [0.2, 0.25) is 0 Å². The first-order chi connectivity index (χ1) is 9.27. The summed E-state index contributed by atoms with van der Waals surface area (Å²) in [5, 5.41) is 13.8. The Kier molecular flexibility index (Phi) is 4.13. The van der Waals surface area contributed by atoms with Crippen LogP contribution in [0.1, 0.15) is 39.0 Å². The molecule has 3 rings (SSSR count). The second-order valence-corrected chi connectivity index (χ2v) is 6.61. The number of ether oxygens (including phenoxy) is 1. The van der Waals surface area contributed by atoms with Crippen LogP contribution >= 0.6 is 0 Å². The van der Waals surface area contributed by atoms with Crippen LogP contribution < -0.4 is 5.32 Å². The highest BCUT2D eigenvalue weighted by atomic mass is 16.5. The van der Waals surface area contributed by atoms with Crippen LogP contribution in [0.2, 0.25) is 0 Å². The number of aliphatic hydroxyl groups excluding tert-OH is 1. The zero-order valence-corrected chi connectivity index (χ0v) is 12.1. The number of aliphatic hydroxyl groups is 1. The first kappa shape index (κ1) is 13.8. The summed E-state index contributed by atoms with van der Waals surface area (Å²) in [5.41, 5.74) is -0.0497. The van der Waals surface area contributed by atoms with Crippen LogP contribution in [0.15, 0.2) is 0 Å². The van der Waals surface area contributed by atoms with Gasteiger partial charge >= 0.3 is 0 Å². The second kappa shape index (κ2) is 5.68. The number of nitrogens with one attached hydrogen (secondary N) is 1. The van der Waals surface area contributed by atoms with Crippen molar-refractivity contribution in [3.8, 4) is 0 Å². The van der Waals surface area contributed by atoms with Crippen molar-refractivity contribution in [3.63, 3.8) is 0 Å². The van der Waals surface area contributed by atoms with E-state index in [4.69, 9.17) is 4.74 Å². The molecule has 2 atom stereocenters. The van der Waals surface area contributed by atoms with Crippen LogP contribution in [-0.4, -0.2) is 60.5 Å². The van der Waals surface area contributed by atoms with Gasteiger partial charge in [0.25, 0.3) is 0 Å². The average molecular weight is 268 g/mol. The number of hydrogen-bond acceptors (Lipinski definition) is 4. The lowest BCUT2D eigenvalue weighted by molar-refractivity contribution is -0.0313. The van der Waals surface area contributed by atoms with Crippen LogP contribution in [0.4, 0.5) is 0 Å². The Morgan fingerprint density at radius 1 is 1.32 bits per heavy atom. The summed E-state index contributed by atoms with van der Waals surface area (Å²) in [6.45, 7) is 6.21. The first-order valence-electron chi connectivity index (χ1n) is 7.98. The van der Waals surface area contributed by atoms with Gasteiger partial charge in [-0.2, -0.15) is 0 Å². The van der Waals surface area contributed by atoms with E-state index in [2.05, 4.69) is 17.1 Å². The third kappa shape index (κ3) is 3.13. The quantitative estimate of drug-likeness (QED) is 0.723. The molecule has 2 saturated carbocycles. The summed E-state index contributed by atoms with van der Waals surface area (Å²) in [6, 6.07) is 1.19. The Labute approximate surface area is 116 Å². The minimum atomic E-state index is -0.0497. The van der Waals surface area contributed by atoms with Gasteiger partial charge in [-0.1, -0.05) is 6.92 Å². The molecule has 2 aliphatic carbocycles. The Morgan fingerprint density at radius 3 is 2.68 bits per heavy atom. The van der Waals surface area contributed by atoms with Gasteiger partial charge in [-0.3, -0.25) is 4.90 Å². The maximum atomic E-state index is 10.0. The third-order valence-electron chi connectivity index (χ3n) is 5.02. The van der Waals surface area contributed by atoms with Crippen LogP contribution in [0.3, 0.4) is 0 Å². The lowest BCUT2D eigenvalue weighted by Gasteiger charge is -2.43. The minimum absolute atomic E-state index is 0.0497. The maximum Gasteiger partial charge on any atom is 0.0628 e. The Balaban J connectivity index is 1.67. The van der Waals surface area contributed by atoms with Crippen LogP contribution in [-0.2, 0) is 4.74 Å². The Bertz CT molecular complexity index is 305. The summed E-state index contributed by atoms with van der Waals surface area (Å²) >= 11 is 0. The molecule has 1 heterocycles. The molecule has 4 heteroatoms. The predicted molar refractivity (Wildman–Crippen MR) is 75.2 cm³/mol. The van der Waals surface area contributed by atoms with Crippen molar-refractivity contribution in [1.82, 2.24) is 10.2 Å². The van der Waals surface area contributed by atoms with Crippen molar-refractivity contribution in [2.45, 2.75) is 56.7 Å². The Hall–Kier alpha value is -0.160. The van der Waals surface area contributed by atoms with Gasteiger partial charge in [-0.25, -0.2) is 0 Å². The predicted octanol–water partition coefficient (Wildman–Crippen LogP) is 0.990. The zero-order chi connectivity index (χ0) is 13.3. The van der Waals surface area contributed by atoms with Gasteiger partial charge in [-0.15, -0.1) is 0 Å². The normalized spacial score (nSPS) is 32.2. The largest absolute Gasteiger partial charge is 0.394 e. The van der Waals surface area contributed by atoms with Crippen molar-refractivity contribution in [2.24, 2.45) is 5.92 Å². The molecule has 2 unspecified atom stereocenters. The molecule has 0 spiro atoms. The summed E-state index contributed by atoms with van der Waals surface area (Å²) in [6.07, 6.45) is 6.27. The van der Waals surface area contributed by atoms with Crippen LogP contribution in [0.25, 0.3) is 0 Å². The lowest BCUT2D eigenvalue weighted by Crippen LogP contribution is -2.61. The summed E-state index contributed by atoms with van der Waals surface area (Å²) in [5.74, 6) is 0.679. The highest BCUT2D eigenvalue weighted by Crippen LogP contribution is 2.42. The standard InChI is InChI=1S/C15H28N2O2/c1-2-14-9-19-8-7-17(14)10-15(11-18,12-3-4-12)16-13-5-6-13/h12-14,16,18H,2-11H2,1H3. The monoisotopic (exact) mass is 268 g/mol. The smallest absolute Gasteiger partial charge is 0.0628 e. The van der Waals surface area contributed by atoms with Gasteiger partial charge in [0.15, 0.2) is 0 Å². The van der Waals surface area contributed by atoms with Gasteiger partial charge in [0.1, 0.15) is 0 Å². The molecule has 4 nitrogen and oxygen atoms in total. The molecule has 1 saturated heterocycles. The molecule has 3 aliphatic rings. The van der Waals surface area contributed by atoms with E-state index in [1.807, 2.05) is 0 Å². The SMILES string of the molecule is CCC1COCCN1CC(CO)(NC1CC1)C1CC1. The van der Waals surface area contributed by atoms with E-state index in [1.54, 1.807) is 0 Å². The van der Waals surface area contributed by atoms with E-state index in [1.165, 1.54) is 25.7 Å². The molecule has 0 aromatic carbocycles. The number of morpholine rings is 1. The highest BCUT2D eigenvalue weighted by Gasteiger charge is 2.48.